The molecule has 0 aliphatic heterocycles. The summed E-state index contributed by atoms with van der Waals surface area (Å²) in [6.07, 6.45) is 1.18. The second kappa shape index (κ2) is 8.32. The number of urea groups is 1. The quantitative estimate of drug-likeness (QED) is 0.663. The number of carboxylic acid groups (broad SMARTS) is 1. The Morgan fingerprint density at radius 2 is 1.81 bits per heavy atom. The van der Waals surface area contributed by atoms with Crippen LogP contribution in [0, 0.1) is 0 Å². The summed E-state index contributed by atoms with van der Waals surface area (Å²) in [6, 6.07) is 1.85. The monoisotopic (exact) mass is 352 g/mol. The van der Waals surface area contributed by atoms with Crippen LogP contribution in [0.25, 0.3) is 0 Å². The van der Waals surface area contributed by atoms with E-state index in [0.29, 0.717) is 12.1 Å². The van der Waals surface area contributed by atoms with E-state index in [1.807, 2.05) is 6.92 Å². The van der Waals surface area contributed by atoms with E-state index in [-0.39, 0.29) is 21.5 Å². The summed E-state index contributed by atoms with van der Waals surface area (Å²) < 4.78 is 0. The van der Waals surface area contributed by atoms with Crippen LogP contribution in [-0.2, 0) is 4.79 Å². The Morgan fingerprint density at radius 1 is 1.19 bits per heavy atom. The molecule has 0 spiro atoms. The summed E-state index contributed by atoms with van der Waals surface area (Å²) >= 11 is 17.6. The number of carbonyl (C=O) groups excluding carboxylic acids is 1. The van der Waals surface area contributed by atoms with Gasteiger partial charge in [0.05, 0.1) is 27.2 Å². The van der Waals surface area contributed by atoms with Gasteiger partial charge in [-0.2, -0.15) is 0 Å². The van der Waals surface area contributed by atoms with Gasteiger partial charge in [0, 0.05) is 6.04 Å². The first-order valence-electron chi connectivity index (χ1n) is 6.27. The van der Waals surface area contributed by atoms with Gasteiger partial charge in [-0.25, -0.2) is 4.79 Å². The zero-order chi connectivity index (χ0) is 16.0. The molecule has 1 aromatic rings. The highest BCUT2D eigenvalue weighted by molar-refractivity contribution is 6.44. The van der Waals surface area contributed by atoms with E-state index in [0.717, 1.165) is 6.42 Å². The number of rotatable bonds is 6. The van der Waals surface area contributed by atoms with Crippen molar-refractivity contribution in [3.05, 3.63) is 27.2 Å². The Kier molecular flexibility index (Phi) is 7.08. The van der Waals surface area contributed by atoms with Crippen LogP contribution < -0.4 is 10.6 Å². The largest absolute Gasteiger partial charge is 0.481 e. The molecule has 0 heterocycles. The fourth-order valence-electron chi connectivity index (χ4n) is 1.75. The predicted octanol–water partition coefficient (Wildman–Crippen LogP) is 4.41. The fraction of sp³-hybridized carbons (Fsp3) is 0.385. The van der Waals surface area contributed by atoms with Gasteiger partial charge in [-0.15, -0.1) is 0 Å². The Bertz CT molecular complexity index is 538. The van der Waals surface area contributed by atoms with E-state index in [9.17, 15) is 9.59 Å². The lowest BCUT2D eigenvalue weighted by Gasteiger charge is -2.17. The van der Waals surface area contributed by atoms with Crippen molar-refractivity contribution < 1.29 is 14.7 Å². The summed E-state index contributed by atoms with van der Waals surface area (Å²) in [5.74, 6) is -0.971. The van der Waals surface area contributed by atoms with Crippen LogP contribution >= 0.6 is 34.8 Å². The van der Waals surface area contributed by atoms with E-state index in [1.165, 1.54) is 12.1 Å². The average molecular weight is 354 g/mol. The highest BCUT2D eigenvalue weighted by Gasteiger charge is 2.16. The minimum absolute atomic E-state index is 0.142. The smallest absolute Gasteiger partial charge is 0.319 e. The molecule has 116 valence electrons. The molecule has 0 radical (unpaired) electrons. The van der Waals surface area contributed by atoms with Gasteiger partial charge in [0.1, 0.15) is 0 Å². The third-order valence-corrected chi connectivity index (χ3v) is 3.69. The highest BCUT2D eigenvalue weighted by Crippen LogP contribution is 2.32. The Balaban J connectivity index is 2.71. The first-order chi connectivity index (χ1) is 9.83. The molecule has 0 saturated carbocycles. The lowest BCUT2D eigenvalue weighted by atomic mass is 10.1. The molecule has 0 aromatic heterocycles. The maximum absolute atomic E-state index is 11.9. The molecule has 21 heavy (non-hydrogen) atoms. The van der Waals surface area contributed by atoms with E-state index >= 15 is 0 Å². The van der Waals surface area contributed by atoms with Gasteiger partial charge < -0.3 is 15.7 Å². The number of anilines is 1. The number of carboxylic acids is 1. The molecule has 2 amide bonds. The third-order valence-electron chi connectivity index (χ3n) is 2.65. The summed E-state index contributed by atoms with van der Waals surface area (Å²) in [5, 5.41) is 14.7. The van der Waals surface area contributed by atoms with E-state index in [4.69, 9.17) is 39.9 Å². The van der Waals surface area contributed by atoms with Crippen LogP contribution in [-0.4, -0.2) is 23.1 Å². The maximum Gasteiger partial charge on any atom is 0.319 e. The average Bonchev–Trinajstić information content (AvgIpc) is 2.35. The van der Waals surface area contributed by atoms with Crippen LogP contribution in [0.4, 0.5) is 10.5 Å². The van der Waals surface area contributed by atoms with E-state index in [2.05, 4.69) is 10.6 Å². The van der Waals surface area contributed by atoms with Crippen molar-refractivity contribution in [2.24, 2.45) is 0 Å². The molecule has 3 N–H and O–H groups in total. The molecule has 1 unspecified atom stereocenters. The molecule has 1 rings (SSSR count). The van der Waals surface area contributed by atoms with Gasteiger partial charge in [0.25, 0.3) is 0 Å². The second-order valence-corrected chi connectivity index (χ2v) is 5.65. The number of aliphatic carboxylic acids is 1. The summed E-state index contributed by atoms with van der Waals surface area (Å²) in [6.45, 7) is 1.91. The normalized spacial score (nSPS) is 11.8. The van der Waals surface area contributed by atoms with E-state index in [1.54, 1.807) is 0 Å². The molecule has 1 atom stereocenters. The minimum atomic E-state index is -0.971. The van der Waals surface area contributed by atoms with Gasteiger partial charge in [0.2, 0.25) is 0 Å². The Morgan fingerprint density at radius 3 is 2.38 bits per heavy atom. The summed E-state index contributed by atoms with van der Waals surface area (Å²) in [5.41, 5.74) is 0.300. The zero-order valence-corrected chi connectivity index (χ0v) is 13.5. The minimum Gasteiger partial charge on any atom is -0.481 e. The van der Waals surface area contributed by atoms with Gasteiger partial charge >= 0.3 is 12.0 Å². The molecule has 5 nitrogen and oxygen atoms in total. The topological polar surface area (TPSA) is 78.4 Å². The fourth-order valence-corrected chi connectivity index (χ4v) is 2.34. The molecule has 0 aliphatic rings. The van der Waals surface area contributed by atoms with Gasteiger partial charge in [-0.05, 0) is 18.6 Å². The SMILES string of the molecule is CCCC(CC(=O)O)NC(=O)Nc1cc(Cl)c(Cl)cc1Cl. The molecule has 0 saturated heterocycles. The molecule has 0 bridgehead atoms. The lowest BCUT2D eigenvalue weighted by Crippen LogP contribution is -2.39. The Labute approximate surface area is 137 Å². The zero-order valence-electron chi connectivity index (χ0n) is 11.3. The molecular weight excluding hydrogens is 339 g/mol. The van der Waals surface area contributed by atoms with Crippen molar-refractivity contribution in [1.82, 2.24) is 5.32 Å². The number of benzene rings is 1. The van der Waals surface area contributed by atoms with Crippen molar-refractivity contribution in [3.63, 3.8) is 0 Å². The molecule has 0 fully saturated rings. The predicted molar refractivity (Wildman–Crippen MR) is 84.6 cm³/mol. The number of hydrogen-bond acceptors (Lipinski definition) is 2. The highest BCUT2D eigenvalue weighted by atomic mass is 35.5. The molecule has 1 aromatic carbocycles. The number of carbonyl (C=O) groups is 2. The van der Waals surface area contributed by atoms with Crippen LogP contribution in [0.2, 0.25) is 15.1 Å². The lowest BCUT2D eigenvalue weighted by molar-refractivity contribution is -0.137. The Hall–Kier alpha value is -1.17. The number of nitrogens with one attached hydrogen (secondary N) is 2. The van der Waals surface area contributed by atoms with Crippen molar-refractivity contribution in [2.45, 2.75) is 32.2 Å². The van der Waals surface area contributed by atoms with Gasteiger partial charge in [0.15, 0.2) is 0 Å². The first-order valence-corrected chi connectivity index (χ1v) is 7.40. The maximum atomic E-state index is 11.9. The van der Waals surface area contributed by atoms with Crippen molar-refractivity contribution in [3.8, 4) is 0 Å². The number of halogens is 3. The van der Waals surface area contributed by atoms with Crippen molar-refractivity contribution in [1.29, 1.82) is 0 Å². The van der Waals surface area contributed by atoms with Crippen LogP contribution in [0.5, 0.6) is 0 Å². The summed E-state index contributed by atoms with van der Waals surface area (Å²) in [4.78, 5) is 22.6. The molecule has 0 aliphatic carbocycles. The first kappa shape index (κ1) is 17.9. The standard InChI is InChI=1S/C13H15Cl3N2O3/c1-2-3-7(4-12(19)20)17-13(21)18-11-6-9(15)8(14)5-10(11)16/h5-7H,2-4H2,1H3,(H,19,20)(H2,17,18,21). The van der Waals surface area contributed by atoms with Crippen LogP contribution in [0.15, 0.2) is 12.1 Å². The van der Waals surface area contributed by atoms with Crippen LogP contribution in [0.3, 0.4) is 0 Å². The second-order valence-electron chi connectivity index (χ2n) is 4.43. The van der Waals surface area contributed by atoms with Crippen molar-refractivity contribution >= 4 is 52.5 Å². The molecular formula is C13H15Cl3N2O3. The van der Waals surface area contributed by atoms with Crippen molar-refractivity contribution in [2.75, 3.05) is 5.32 Å². The van der Waals surface area contributed by atoms with Gasteiger partial charge in [-0.1, -0.05) is 48.1 Å². The van der Waals surface area contributed by atoms with E-state index < -0.39 is 18.0 Å². The summed E-state index contributed by atoms with van der Waals surface area (Å²) in [7, 11) is 0. The third kappa shape index (κ3) is 5.99. The number of hydrogen-bond donors (Lipinski definition) is 3. The van der Waals surface area contributed by atoms with Gasteiger partial charge in [-0.3, -0.25) is 4.79 Å². The number of amides is 2. The van der Waals surface area contributed by atoms with Crippen LogP contribution in [0.1, 0.15) is 26.2 Å². The molecule has 8 heteroatoms.